The molecule has 0 spiro atoms. The van der Waals surface area contributed by atoms with Gasteiger partial charge in [-0.3, -0.25) is 9.59 Å². The average Bonchev–Trinajstić information content (AvgIpc) is 2.68. The maximum Gasteiger partial charge on any atom is 0.229 e. The molecule has 7 nitrogen and oxygen atoms in total. The first kappa shape index (κ1) is 26.1. The van der Waals surface area contributed by atoms with Gasteiger partial charge < -0.3 is 25.5 Å². The normalized spacial score (nSPS) is 15.9. The predicted octanol–water partition coefficient (Wildman–Crippen LogP) is 1.26. The number of carbonyl (C=O) groups excluding carboxylic acids is 2. The van der Waals surface area contributed by atoms with Crippen LogP contribution < -0.4 is 0 Å². The summed E-state index contributed by atoms with van der Waals surface area (Å²) in [4.78, 5) is 23.6. The van der Waals surface area contributed by atoms with E-state index in [1.807, 2.05) is 0 Å². The Morgan fingerprint density at radius 2 is 1.15 bits per heavy atom. The number of hydrogen-bond acceptors (Lipinski definition) is 7. The lowest BCUT2D eigenvalue weighted by Gasteiger charge is -2.24. The van der Waals surface area contributed by atoms with E-state index in [9.17, 15) is 30.0 Å². The van der Waals surface area contributed by atoms with Gasteiger partial charge in [0.1, 0.15) is 24.4 Å². The molecule has 0 aromatic carbocycles. The van der Waals surface area contributed by atoms with Crippen LogP contribution in [0.1, 0.15) is 84.0 Å². The number of hydrogen-bond donors (Lipinski definition) is 5. The van der Waals surface area contributed by atoms with Crippen LogP contribution in [0, 0.1) is 0 Å². The van der Waals surface area contributed by atoms with Gasteiger partial charge in [0.2, 0.25) is 11.6 Å². The molecule has 0 fully saturated rings. The van der Waals surface area contributed by atoms with E-state index in [4.69, 9.17) is 5.11 Å². The highest BCUT2D eigenvalue weighted by Gasteiger charge is 2.36. The third-order valence-corrected chi connectivity index (χ3v) is 4.81. The molecule has 0 aliphatic carbocycles. The zero-order valence-electron chi connectivity index (χ0n) is 16.6. The molecular formula is C20H38O7. The van der Waals surface area contributed by atoms with E-state index in [0.29, 0.717) is 6.42 Å². The fourth-order valence-electron chi connectivity index (χ4n) is 2.92. The number of ketones is 2. The standard InChI is InChI=1S/C20H38O7/c1-2-3-4-5-6-7-8-9-10-11-12-13-15(22)17(24)19(26)20(27)18(25)16(23)14-21/h16,18-21,23,25-27H,2-14H2,1H3/t16-,18-,19+,20+/m1/s1. The van der Waals surface area contributed by atoms with Crippen molar-refractivity contribution in [1.82, 2.24) is 0 Å². The van der Waals surface area contributed by atoms with Crippen molar-refractivity contribution < 1.29 is 35.1 Å². The van der Waals surface area contributed by atoms with Gasteiger partial charge in [-0.1, -0.05) is 71.1 Å². The van der Waals surface area contributed by atoms with Crippen molar-refractivity contribution >= 4 is 11.6 Å². The minimum absolute atomic E-state index is 0.0156. The van der Waals surface area contributed by atoms with Crippen LogP contribution in [0.2, 0.25) is 0 Å². The minimum atomic E-state index is -2.11. The summed E-state index contributed by atoms with van der Waals surface area (Å²) in [5, 5.41) is 46.7. The van der Waals surface area contributed by atoms with E-state index in [1.54, 1.807) is 0 Å². The predicted molar refractivity (Wildman–Crippen MR) is 102 cm³/mol. The molecule has 27 heavy (non-hydrogen) atoms. The first-order chi connectivity index (χ1) is 12.9. The van der Waals surface area contributed by atoms with E-state index in [1.165, 1.54) is 44.9 Å². The minimum Gasteiger partial charge on any atom is -0.394 e. The molecule has 0 heterocycles. The van der Waals surface area contributed by atoms with Gasteiger partial charge in [0.25, 0.3) is 0 Å². The van der Waals surface area contributed by atoms with Crippen LogP contribution in [0.5, 0.6) is 0 Å². The number of unbranched alkanes of at least 4 members (excludes halogenated alkanes) is 10. The lowest BCUT2D eigenvalue weighted by molar-refractivity contribution is -0.154. The molecule has 0 aliphatic heterocycles. The van der Waals surface area contributed by atoms with Crippen molar-refractivity contribution in [3.63, 3.8) is 0 Å². The highest BCUT2D eigenvalue weighted by molar-refractivity contribution is 6.38. The molecule has 7 heteroatoms. The molecule has 0 unspecified atom stereocenters. The second kappa shape index (κ2) is 16.1. The van der Waals surface area contributed by atoms with Crippen LogP contribution in [0.4, 0.5) is 0 Å². The van der Waals surface area contributed by atoms with Crippen LogP contribution in [0.3, 0.4) is 0 Å². The number of Topliss-reactive ketones (excluding diaryl/α,β-unsaturated/α-hetero) is 2. The highest BCUT2D eigenvalue weighted by Crippen LogP contribution is 2.13. The van der Waals surface area contributed by atoms with Gasteiger partial charge in [0.05, 0.1) is 6.61 Å². The Hall–Kier alpha value is -0.860. The molecule has 5 N–H and O–H groups in total. The SMILES string of the molecule is CCCCCCCCCCCCCC(=O)C(=O)[C@H](O)[C@@H](O)[C@H](O)[C@H](O)CO. The van der Waals surface area contributed by atoms with E-state index in [2.05, 4.69) is 6.92 Å². The van der Waals surface area contributed by atoms with Crippen molar-refractivity contribution in [2.75, 3.05) is 6.61 Å². The maximum atomic E-state index is 11.8. The summed E-state index contributed by atoms with van der Waals surface area (Å²) in [6.07, 6.45) is 4.50. The summed E-state index contributed by atoms with van der Waals surface area (Å²) in [6.45, 7) is 1.36. The van der Waals surface area contributed by atoms with E-state index in [0.717, 1.165) is 19.3 Å². The van der Waals surface area contributed by atoms with E-state index >= 15 is 0 Å². The van der Waals surface area contributed by atoms with Crippen LogP contribution in [0.25, 0.3) is 0 Å². The third kappa shape index (κ3) is 11.5. The first-order valence-corrected chi connectivity index (χ1v) is 10.3. The molecular weight excluding hydrogens is 352 g/mol. The fraction of sp³-hybridized carbons (Fsp3) is 0.900. The van der Waals surface area contributed by atoms with Gasteiger partial charge in [-0.15, -0.1) is 0 Å². The fourth-order valence-corrected chi connectivity index (χ4v) is 2.92. The second-order valence-electron chi connectivity index (χ2n) is 7.25. The Morgan fingerprint density at radius 1 is 0.704 bits per heavy atom. The van der Waals surface area contributed by atoms with Gasteiger partial charge in [-0.25, -0.2) is 0 Å². The summed E-state index contributed by atoms with van der Waals surface area (Å²) in [5.74, 6) is -1.98. The molecule has 0 saturated heterocycles. The topological polar surface area (TPSA) is 135 Å². The summed E-state index contributed by atoms with van der Waals surface area (Å²) in [7, 11) is 0. The van der Waals surface area contributed by atoms with Gasteiger partial charge in [0, 0.05) is 6.42 Å². The van der Waals surface area contributed by atoms with Crippen molar-refractivity contribution in [3.8, 4) is 0 Å². The zero-order chi connectivity index (χ0) is 20.7. The summed E-state index contributed by atoms with van der Waals surface area (Å²) in [5.41, 5.74) is 0. The summed E-state index contributed by atoms with van der Waals surface area (Å²) < 4.78 is 0. The molecule has 0 rings (SSSR count). The molecule has 0 saturated carbocycles. The smallest absolute Gasteiger partial charge is 0.229 e. The zero-order valence-corrected chi connectivity index (χ0v) is 16.6. The number of rotatable bonds is 18. The molecule has 0 radical (unpaired) electrons. The number of carbonyl (C=O) groups is 2. The number of aliphatic hydroxyl groups excluding tert-OH is 5. The monoisotopic (exact) mass is 390 g/mol. The second-order valence-corrected chi connectivity index (χ2v) is 7.25. The molecule has 4 atom stereocenters. The lowest BCUT2D eigenvalue weighted by Crippen LogP contribution is -2.50. The molecule has 0 amide bonds. The molecule has 0 aromatic heterocycles. The molecule has 0 aromatic rings. The average molecular weight is 391 g/mol. The van der Waals surface area contributed by atoms with Crippen molar-refractivity contribution in [2.45, 2.75) is 108 Å². The van der Waals surface area contributed by atoms with Crippen molar-refractivity contribution in [3.05, 3.63) is 0 Å². The lowest BCUT2D eigenvalue weighted by atomic mass is 9.96. The van der Waals surface area contributed by atoms with Crippen LogP contribution in [-0.4, -0.2) is 68.1 Å². The Kier molecular flexibility index (Phi) is 15.6. The van der Waals surface area contributed by atoms with Gasteiger partial charge in [0.15, 0.2) is 0 Å². The van der Waals surface area contributed by atoms with Gasteiger partial charge >= 0.3 is 0 Å². The van der Waals surface area contributed by atoms with Crippen LogP contribution in [-0.2, 0) is 9.59 Å². The quantitative estimate of drug-likeness (QED) is 0.176. The van der Waals surface area contributed by atoms with E-state index in [-0.39, 0.29) is 6.42 Å². The Bertz CT molecular complexity index is 400. The van der Waals surface area contributed by atoms with Gasteiger partial charge in [-0.2, -0.15) is 0 Å². The van der Waals surface area contributed by atoms with Crippen molar-refractivity contribution in [1.29, 1.82) is 0 Å². The summed E-state index contributed by atoms with van der Waals surface area (Å²) >= 11 is 0. The van der Waals surface area contributed by atoms with E-state index < -0.39 is 42.6 Å². The third-order valence-electron chi connectivity index (χ3n) is 4.81. The maximum absolute atomic E-state index is 11.8. The first-order valence-electron chi connectivity index (χ1n) is 10.3. The van der Waals surface area contributed by atoms with Crippen LogP contribution in [0.15, 0.2) is 0 Å². The van der Waals surface area contributed by atoms with Gasteiger partial charge in [-0.05, 0) is 6.42 Å². The Morgan fingerprint density at radius 3 is 1.59 bits per heavy atom. The Balaban J connectivity index is 3.84. The van der Waals surface area contributed by atoms with Crippen molar-refractivity contribution in [2.24, 2.45) is 0 Å². The largest absolute Gasteiger partial charge is 0.394 e. The molecule has 160 valence electrons. The molecule has 0 bridgehead atoms. The highest BCUT2D eigenvalue weighted by atomic mass is 16.4. The summed E-state index contributed by atoms with van der Waals surface area (Å²) in [6, 6.07) is 0. The van der Waals surface area contributed by atoms with Crippen LogP contribution >= 0.6 is 0 Å². The molecule has 0 aliphatic rings. The Labute approximate surface area is 162 Å². The number of aliphatic hydroxyl groups is 5.